The van der Waals surface area contributed by atoms with Gasteiger partial charge in [0.15, 0.2) is 0 Å². The molecule has 0 aliphatic rings. The van der Waals surface area contributed by atoms with Gasteiger partial charge in [-0.3, -0.25) is 0 Å². The molecule has 0 aliphatic carbocycles. The van der Waals surface area contributed by atoms with Crippen LogP contribution in [-0.2, 0) is 0 Å². The summed E-state index contributed by atoms with van der Waals surface area (Å²) in [5, 5.41) is 9.36. The molecule has 1 heteroatoms. The third-order valence-corrected chi connectivity index (χ3v) is 3.84. The van der Waals surface area contributed by atoms with Crippen LogP contribution in [0.3, 0.4) is 0 Å². The van der Waals surface area contributed by atoms with Crippen molar-refractivity contribution in [1.29, 1.82) is 0 Å². The predicted molar refractivity (Wildman–Crippen MR) is 77.3 cm³/mol. The first-order valence-electron chi connectivity index (χ1n) is 7.86. The highest BCUT2D eigenvalue weighted by Gasteiger charge is 2.07. The highest BCUT2D eigenvalue weighted by atomic mass is 16.3. The number of unbranched alkanes of at least 4 members (excludes halogenated alkanes) is 9. The maximum Gasteiger partial charge on any atom is 0.0537 e. The Morgan fingerprint density at radius 1 is 0.706 bits per heavy atom. The highest BCUT2D eigenvalue weighted by Crippen LogP contribution is 2.15. The second-order valence-electron chi connectivity index (χ2n) is 5.69. The Balaban J connectivity index is 3.03. The zero-order valence-corrected chi connectivity index (χ0v) is 12.4. The average molecular weight is 242 g/mol. The Hall–Kier alpha value is -0.0400. The molecule has 0 amide bonds. The van der Waals surface area contributed by atoms with Gasteiger partial charge in [0.25, 0.3) is 0 Å². The second kappa shape index (κ2) is 12.4. The monoisotopic (exact) mass is 242 g/mol. The molecule has 1 N–H and O–H groups in total. The third-order valence-electron chi connectivity index (χ3n) is 3.84. The van der Waals surface area contributed by atoms with Crippen LogP contribution in [0.4, 0.5) is 0 Å². The molecule has 0 radical (unpaired) electrons. The van der Waals surface area contributed by atoms with E-state index in [1.165, 1.54) is 70.6 Å². The molecule has 2 atom stereocenters. The van der Waals surface area contributed by atoms with Gasteiger partial charge in [-0.15, -0.1) is 0 Å². The molecule has 0 bridgehead atoms. The SMILES string of the molecule is CCCCCCCCCCCC[C@@H](C)[C@@H](C)O. The standard InChI is InChI=1S/C16H34O/c1-4-5-6-7-8-9-10-11-12-13-14-15(2)16(3)17/h15-17H,4-14H2,1-3H3/t15-,16-/m1/s1. The summed E-state index contributed by atoms with van der Waals surface area (Å²) in [6.45, 7) is 6.33. The minimum Gasteiger partial charge on any atom is -0.393 e. The van der Waals surface area contributed by atoms with Crippen LogP contribution in [0.25, 0.3) is 0 Å². The zero-order chi connectivity index (χ0) is 12.9. The molecule has 0 aliphatic heterocycles. The average Bonchev–Trinajstić information content (AvgIpc) is 2.31. The quantitative estimate of drug-likeness (QED) is 0.460. The first-order valence-corrected chi connectivity index (χ1v) is 7.86. The Morgan fingerprint density at radius 2 is 1.12 bits per heavy atom. The van der Waals surface area contributed by atoms with Crippen LogP contribution >= 0.6 is 0 Å². The van der Waals surface area contributed by atoms with Gasteiger partial charge >= 0.3 is 0 Å². The van der Waals surface area contributed by atoms with Gasteiger partial charge < -0.3 is 5.11 Å². The van der Waals surface area contributed by atoms with Gasteiger partial charge in [-0.1, -0.05) is 78.1 Å². The summed E-state index contributed by atoms with van der Waals surface area (Å²) in [7, 11) is 0. The van der Waals surface area contributed by atoms with Crippen molar-refractivity contribution in [2.75, 3.05) is 0 Å². The van der Waals surface area contributed by atoms with Crippen molar-refractivity contribution in [3.63, 3.8) is 0 Å². The fourth-order valence-electron chi connectivity index (χ4n) is 2.19. The van der Waals surface area contributed by atoms with Gasteiger partial charge in [0.2, 0.25) is 0 Å². The molecule has 0 saturated heterocycles. The van der Waals surface area contributed by atoms with Crippen LogP contribution in [0, 0.1) is 5.92 Å². The molecule has 0 aromatic heterocycles. The van der Waals surface area contributed by atoms with Crippen LogP contribution in [0.15, 0.2) is 0 Å². The van der Waals surface area contributed by atoms with Crippen molar-refractivity contribution in [2.45, 2.75) is 97.5 Å². The lowest BCUT2D eigenvalue weighted by Gasteiger charge is -2.13. The molecule has 0 fully saturated rings. The Bertz CT molecular complexity index is 142. The zero-order valence-electron chi connectivity index (χ0n) is 12.4. The number of hydrogen-bond donors (Lipinski definition) is 1. The maximum atomic E-state index is 9.36. The molecule has 104 valence electrons. The lowest BCUT2D eigenvalue weighted by Crippen LogP contribution is -2.12. The van der Waals surface area contributed by atoms with Crippen LogP contribution < -0.4 is 0 Å². The van der Waals surface area contributed by atoms with E-state index >= 15 is 0 Å². The van der Waals surface area contributed by atoms with Gasteiger partial charge in [-0.2, -0.15) is 0 Å². The van der Waals surface area contributed by atoms with Crippen LogP contribution in [-0.4, -0.2) is 11.2 Å². The van der Waals surface area contributed by atoms with Crippen molar-refractivity contribution < 1.29 is 5.11 Å². The minimum atomic E-state index is -0.131. The van der Waals surface area contributed by atoms with Crippen LogP contribution in [0.5, 0.6) is 0 Å². The number of aliphatic hydroxyl groups is 1. The fourth-order valence-corrected chi connectivity index (χ4v) is 2.19. The molecule has 1 nitrogen and oxygen atoms in total. The van der Waals surface area contributed by atoms with E-state index in [1.54, 1.807) is 0 Å². The van der Waals surface area contributed by atoms with Crippen LogP contribution in [0.1, 0.15) is 91.4 Å². The minimum absolute atomic E-state index is 0.131. The summed E-state index contributed by atoms with van der Waals surface area (Å²) in [4.78, 5) is 0. The highest BCUT2D eigenvalue weighted by molar-refractivity contribution is 4.59. The van der Waals surface area contributed by atoms with Crippen molar-refractivity contribution in [1.82, 2.24) is 0 Å². The molecule has 17 heavy (non-hydrogen) atoms. The maximum absolute atomic E-state index is 9.36. The second-order valence-corrected chi connectivity index (χ2v) is 5.69. The van der Waals surface area contributed by atoms with E-state index in [-0.39, 0.29) is 6.10 Å². The molecule has 0 unspecified atom stereocenters. The number of rotatable bonds is 12. The van der Waals surface area contributed by atoms with Gasteiger partial charge in [-0.05, 0) is 19.3 Å². The van der Waals surface area contributed by atoms with E-state index in [9.17, 15) is 5.11 Å². The lowest BCUT2D eigenvalue weighted by atomic mass is 9.97. The van der Waals surface area contributed by atoms with E-state index in [0.717, 1.165) is 0 Å². The molecule has 0 aromatic carbocycles. The van der Waals surface area contributed by atoms with Crippen molar-refractivity contribution in [3.8, 4) is 0 Å². The van der Waals surface area contributed by atoms with Gasteiger partial charge in [0.05, 0.1) is 6.10 Å². The van der Waals surface area contributed by atoms with E-state index < -0.39 is 0 Å². The Morgan fingerprint density at radius 3 is 1.53 bits per heavy atom. The predicted octanol–water partition coefficient (Wildman–Crippen LogP) is 5.31. The number of aliphatic hydroxyl groups excluding tert-OH is 1. The van der Waals surface area contributed by atoms with Gasteiger partial charge in [0, 0.05) is 0 Å². The molecular weight excluding hydrogens is 208 g/mol. The summed E-state index contributed by atoms with van der Waals surface area (Å²) >= 11 is 0. The summed E-state index contributed by atoms with van der Waals surface area (Å²) in [6.07, 6.45) is 15.0. The fraction of sp³-hybridized carbons (Fsp3) is 1.00. The third kappa shape index (κ3) is 12.2. The van der Waals surface area contributed by atoms with Crippen molar-refractivity contribution in [2.24, 2.45) is 5.92 Å². The van der Waals surface area contributed by atoms with E-state index in [4.69, 9.17) is 0 Å². The summed E-state index contributed by atoms with van der Waals surface area (Å²) in [5.41, 5.74) is 0. The lowest BCUT2D eigenvalue weighted by molar-refractivity contribution is 0.128. The van der Waals surface area contributed by atoms with Crippen molar-refractivity contribution >= 4 is 0 Å². The molecule has 0 spiro atoms. The van der Waals surface area contributed by atoms with Gasteiger partial charge in [0.1, 0.15) is 0 Å². The first kappa shape index (κ1) is 17.0. The summed E-state index contributed by atoms with van der Waals surface area (Å²) < 4.78 is 0. The largest absolute Gasteiger partial charge is 0.393 e. The molecule has 0 aromatic rings. The van der Waals surface area contributed by atoms with E-state index in [1.807, 2.05) is 6.92 Å². The molecule has 0 rings (SSSR count). The molecular formula is C16H34O. The Labute approximate surface area is 109 Å². The first-order chi connectivity index (χ1) is 8.18. The van der Waals surface area contributed by atoms with Crippen molar-refractivity contribution in [3.05, 3.63) is 0 Å². The Kier molecular flexibility index (Phi) is 12.4. The normalized spacial score (nSPS) is 14.8. The smallest absolute Gasteiger partial charge is 0.0537 e. The molecule has 0 saturated carbocycles. The van der Waals surface area contributed by atoms with E-state index in [0.29, 0.717) is 5.92 Å². The topological polar surface area (TPSA) is 20.2 Å². The summed E-state index contributed by atoms with van der Waals surface area (Å²) in [5.74, 6) is 0.476. The molecule has 0 heterocycles. The van der Waals surface area contributed by atoms with Gasteiger partial charge in [-0.25, -0.2) is 0 Å². The number of hydrogen-bond acceptors (Lipinski definition) is 1. The van der Waals surface area contributed by atoms with E-state index in [2.05, 4.69) is 13.8 Å². The van der Waals surface area contributed by atoms with Crippen LogP contribution in [0.2, 0.25) is 0 Å². The summed E-state index contributed by atoms with van der Waals surface area (Å²) in [6, 6.07) is 0.